The number of ether oxygens (including phenoxy) is 1. The van der Waals surface area contributed by atoms with Crippen molar-refractivity contribution in [3.05, 3.63) is 0 Å². The molecule has 0 aromatic carbocycles. The van der Waals surface area contributed by atoms with Gasteiger partial charge in [-0.2, -0.15) is 0 Å². The Balaban J connectivity index is 2.87. The molecule has 0 fully saturated rings. The summed E-state index contributed by atoms with van der Waals surface area (Å²) in [6, 6.07) is 0. The van der Waals surface area contributed by atoms with Crippen LogP contribution in [-0.2, 0) is 9.53 Å². The van der Waals surface area contributed by atoms with Crippen LogP contribution in [0.25, 0.3) is 0 Å². The molecule has 4 heteroatoms. The average molecular weight is 157 g/mol. The lowest BCUT2D eigenvalue weighted by molar-refractivity contribution is -0.143. The maximum atomic E-state index is 10.7. The van der Waals surface area contributed by atoms with Crippen molar-refractivity contribution in [3.63, 3.8) is 0 Å². The molecule has 4 nitrogen and oxygen atoms in total. The summed E-state index contributed by atoms with van der Waals surface area (Å²) >= 11 is 0. The molecule has 1 rings (SSSR count). The Labute approximate surface area is 64.9 Å². The van der Waals surface area contributed by atoms with Gasteiger partial charge in [0.2, 0.25) is 0 Å². The summed E-state index contributed by atoms with van der Waals surface area (Å²) < 4.78 is 4.99. The van der Waals surface area contributed by atoms with Gasteiger partial charge in [0.1, 0.15) is 6.61 Å². The van der Waals surface area contributed by atoms with E-state index in [1.165, 1.54) is 0 Å². The number of carbonyl (C=O) groups is 1. The highest BCUT2D eigenvalue weighted by atomic mass is 16.5. The van der Waals surface area contributed by atoms with E-state index in [0.29, 0.717) is 12.3 Å². The fraction of sp³-hybridized carbons (Fsp3) is 0.714. The summed E-state index contributed by atoms with van der Waals surface area (Å²) in [7, 11) is 0. The highest BCUT2D eigenvalue weighted by Gasteiger charge is 2.41. The van der Waals surface area contributed by atoms with Gasteiger partial charge in [0.15, 0.2) is 11.4 Å². The second kappa shape index (κ2) is 2.53. The SMILES string of the molecule is CCC1(C(=O)O)COC(C)=N1. The number of hydrogen-bond donors (Lipinski definition) is 1. The van der Waals surface area contributed by atoms with Crippen molar-refractivity contribution in [3.8, 4) is 0 Å². The average Bonchev–Trinajstić information content (AvgIpc) is 2.33. The van der Waals surface area contributed by atoms with Gasteiger partial charge < -0.3 is 9.84 Å². The third kappa shape index (κ3) is 1.20. The van der Waals surface area contributed by atoms with Gasteiger partial charge >= 0.3 is 5.97 Å². The maximum absolute atomic E-state index is 10.7. The molecule has 0 aliphatic carbocycles. The molecule has 0 radical (unpaired) electrons. The molecule has 1 unspecified atom stereocenters. The van der Waals surface area contributed by atoms with E-state index in [4.69, 9.17) is 9.84 Å². The summed E-state index contributed by atoms with van der Waals surface area (Å²) in [5.74, 6) is -0.439. The van der Waals surface area contributed by atoms with Crippen molar-refractivity contribution >= 4 is 11.9 Å². The molecule has 0 aromatic heterocycles. The first-order chi connectivity index (χ1) is 5.10. The minimum atomic E-state index is -1.01. The summed E-state index contributed by atoms with van der Waals surface area (Å²) in [5, 5.41) is 8.79. The van der Waals surface area contributed by atoms with Gasteiger partial charge in [0, 0.05) is 6.92 Å². The summed E-state index contributed by atoms with van der Waals surface area (Å²) in [6.45, 7) is 3.63. The molecule has 11 heavy (non-hydrogen) atoms. The maximum Gasteiger partial charge on any atom is 0.335 e. The second-order valence-electron chi connectivity index (χ2n) is 2.61. The highest BCUT2D eigenvalue weighted by Crippen LogP contribution is 2.22. The Morgan fingerprint density at radius 1 is 1.91 bits per heavy atom. The fourth-order valence-electron chi connectivity index (χ4n) is 1.03. The van der Waals surface area contributed by atoms with E-state index in [0.717, 1.165) is 0 Å². The van der Waals surface area contributed by atoms with E-state index in [2.05, 4.69) is 4.99 Å². The molecule has 1 aliphatic heterocycles. The third-order valence-electron chi connectivity index (χ3n) is 1.87. The fourth-order valence-corrected chi connectivity index (χ4v) is 1.03. The summed E-state index contributed by atoms with van der Waals surface area (Å²) in [5.41, 5.74) is -1.01. The lowest BCUT2D eigenvalue weighted by Gasteiger charge is -2.15. The number of aliphatic imine (C=N–C) groups is 1. The Hall–Kier alpha value is -1.06. The van der Waals surface area contributed by atoms with Crippen molar-refractivity contribution in [2.75, 3.05) is 6.61 Å². The first-order valence-corrected chi connectivity index (χ1v) is 3.53. The predicted octanol–water partition coefficient (Wildman–Crippen LogP) is 0.668. The molecule has 1 heterocycles. The predicted molar refractivity (Wildman–Crippen MR) is 39.7 cm³/mol. The van der Waals surface area contributed by atoms with Crippen LogP contribution >= 0.6 is 0 Å². The zero-order chi connectivity index (χ0) is 8.48. The van der Waals surface area contributed by atoms with E-state index in [1.807, 2.05) is 0 Å². The Bertz CT molecular complexity index is 212. The molecule has 0 saturated heterocycles. The second-order valence-corrected chi connectivity index (χ2v) is 2.61. The lowest BCUT2D eigenvalue weighted by Crippen LogP contribution is -2.37. The topological polar surface area (TPSA) is 58.9 Å². The number of aliphatic carboxylic acids is 1. The molecule has 1 atom stereocenters. The highest BCUT2D eigenvalue weighted by molar-refractivity contribution is 5.87. The zero-order valence-corrected chi connectivity index (χ0v) is 6.63. The Kier molecular flexibility index (Phi) is 1.85. The minimum Gasteiger partial charge on any atom is -0.479 e. The van der Waals surface area contributed by atoms with Crippen LogP contribution in [0.5, 0.6) is 0 Å². The van der Waals surface area contributed by atoms with E-state index >= 15 is 0 Å². The molecule has 0 bridgehead atoms. The number of nitrogens with zero attached hydrogens (tertiary/aromatic N) is 1. The third-order valence-corrected chi connectivity index (χ3v) is 1.87. The van der Waals surface area contributed by atoms with Crippen LogP contribution in [0.4, 0.5) is 0 Å². The molecule has 0 amide bonds. The number of carboxylic acids is 1. The van der Waals surface area contributed by atoms with Gasteiger partial charge in [0.25, 0.3) is 0 Å². The van der Waals surface area contributed by atoms with Crippen molar-refractivity contribution < 1.29 is 14.6 Å². The van der Waals surface area contributed by atoms with Gasteiger partial charge in [-0.3, -0.25) is 0 Å². The molecule has 1 aliphatic rings. The summed E-state index contributed by atoms with van der Waals surface area (Å²) in [4.78, 5) is 14.6. The molecule has 0 aromatic rings. The van der Waals surface area contributed by atoms with Gasteiger partial charge in [-0.25, -0.2) is 9.79 Å². The largest absolute Gasteiger partial charge is 0.479 e. The van der Waals surface area contributed by atoms with Crippen LogP contribution in [-0.4, -0.2) is 29.1 Å². The normalized spacial score (nSPS) is 29.5. The van der Waals surface area contributed by atoms with Crippen LogP contribution in [0, 0.1) is 0 Å². The first kappa shape index (κ1) is 8.04. The molecular formula is C7H11NO3. The minimum absolute atomic E-state index is 0.171. The number of rotatable bonds is 2. The number of hydrogen-bond acceptors (Lipinski definition) is 3. The van der Waals surface area contributed by atoms with E-state index in [-0.39, 0.29) is 6.61 Å². The van der Waals surface area contributed by atoms with Crippen molar-refractivity contribution in [2.24, 2.45) is 4.99 Å². The Morgan fingerprint density at radius 2 is 2.55 bits per heavy atom. The van der Waals surface area contributed by atoms with Crippen molar-refractivity contribution in [2.45, 2.75) is 25.8 Å². The first-order valence-electron chi connectivity index (χ1n) is 3.53. The van der Waals surface area contributed by atoms with Crippen LogP contribution in [0.3, 0.4) is 0 Å². The molecule has 1 N–H and O–H groups in total. The monoisotopic (exact) mass is 157 g/mol. The standard InChI is InChI=1S/C7H11NO3/c1-3-7(6(9)10)4-11-5(2)8-7/h3-4H2,1-2H3,(H,9,10). The molecule has 0 spiro atoms. The molecule has 62 valence electrons. The quantitative estimate of drug-likeness (QED) is 0.640. The van der Waals surface area contributed by atoms with Crippen LogP contribution in [0.1, 0.15) is 20.3 Å². The van der Waals surface area contributed by atoms with Crippen molar-refractivity contribution in [1.29, 1.82) is 0 Å². The lowest BCUT2D eigenvalue weighted by atomic mass is 9.99. The van der Waals surface area contributed by atoms with E-state index in [1.54, 1.807) is 13.8 Å². The van der Waals surface area contributed by atoms with Crippen molar-refractivity contribution in [1.82, 2.24) is 0 Å². The van der Waals surface area contributed by atoms with Gasteiger partial charge in [-0.1, -0.05) is 6.92 Å². The van der Waals surface area contributed by atoms with E-state index in [9.17, 15) is 4.79 Å². The molecule has 0 saturated carbocycles. The smallest absolute Gasteiger partial charge is 0.335 e. The van der Waals surface area contributed by atoms with Crippen LogP contribution in [0.15, 0.2) is 4.99 Å². The van der Waals surface area contributed by atoms with Crippen LogP contribution < -0.4 is 0 Å². The van der Waals surface area contributed by atoms with Gasteiger partial charge in [-0.05, 0) is 6.42 Å². The van der Waals surface area contributed by atoms with E-state index < -0.39 is 11.5 Å². The van der Waals surface area contributed by atoms with Gasteiger partial charge in [-0.15, -0.1) is 0 Å². The number of carboxylic acid groups (broad SMARTS) is 1. The summed E-state index contributed by atoms with van der Waals surface area (Å²) in [6.07, 6.45) is 0.472. The van der Waals surface area contributed by atoms with Crippen LogP contribution in [0.2, 0.25) is 0 Å². The zero-order valence-electron chi connectivity index (χ0n) is 6.63. The molecular weight excluding hydrogens is 146 g/mol. The van der Waals surface area contributed by atoms with Gasteiger partial charge in [0.05, 0.1) is 0 Å². The Morgan fingerprint density at radius 3 is 2.73 bits per heavy atom.